The number of hydrogen-bond donors (Lipinski definition) is 4. The molecule has 1 amide bonds. The number of aromatic hydroxyl groups is 1. The van der Waals surface area contributed by atoms with E-state index in [1.54, 1.807) is 23.3 Å². The van der Waals surface area contributed by atoms with Crippen molar-refractivity contribution in [3.05, 3.63) is 46.4 Å². The van der Waals surface area contributed by atoms with Crippen LogP contribution in [0.15, 0.2) is 35.1 Å². The number of ether oxygens (including phenoxy) is 2. The number of carbonyl (C=O) groups is 1. The highest BCUT2D eigenvalue weighted by molar-refractivity contribution is 5.96. The van der Waals surface area contributed by atoms with Crippen LogP contribution in [0.3, 0.4) is 0 Å². The Balaban J connectivity index is 1.39. The van der Waals surface area contributed by atoms with Crippen molar-refractivity contribution >= 4 is 22.6 Å². The minimum absolute atomic E-state index is 0.0685. The lowest BCUT2D eigenvalue weighted by molar-refractivity contribution is -0.118. The number of phenolic OH excluding ortho intramolecular Hbond substituents is 1. The molecule has 0 unspecified atom stereocenters. The summed E-state index contributed by atoms with van der Waals surface area (Å²) in [6, 6.07) is 8.44. The van der Waals surface area contributed by atoms with Crippen LogP contribution in [0.5, 0.6) is 17.2 Å². The Kier molecular flexibility index (Phi) is 6.77. The number of benzene rings is 2. The molecular weight excluding hydrogens is 452 g/mol. The molecule has 3 aromatic rings. The van der Waals surface area contributed by atoms with E-state index in [0.717, 1.165) is 23.9 Å². The summed E-state index contributed by atoms with van der Waals surface area (Å²) in [4.78, 5) is 24.3. The van der Waals surface area contributed by atoms with E-state index in [0.29, 0.717) is 29.3 Å². The summed E-state index contributed by atoms with van der Waals surface area (Å²) < 4.78 is 14.2. The Hall–Kier alpha value is -3.50. The van der Waals surface area contributed by atoms with Crippen LogP contribution in [0.25, 0.3) is 11.0 Å². The molecule has 1 atom stereocenters. The summed E-state index contributed by atoms with van der Waals surface area (Å²) in [7, 11) is 3.35. The number of β-amino-alcohol motifs (C(OH)–C–C–N with tert-alkyl or cyclic N) is 1. The fourth-order valence-electron chi connectivity index (χ4n) is 4.44. The number of aliphatic hydroxyl groups excluding tert-OH is 1. The van der Waals surface area contributed by atoms with E-state index in [1.807, 2.05) is 32.0 Å². The summed E-state index contributed by atoms with van der Waals surface area (Å²) in [6.07, 6.45) is 0.544. The van der Waals surface area contributed by atoms with Gasteiger partial charge in [0.05, 0.1) is 29.9 Å². The molecule has 35 heavy (non-hydrogen) atoms. The third-order valence-electron chi connectivity index (χ3n) is 6.39. The molecule has 0 radical (unpaired) electrons. The maximum atomic E-state index is 12.8. The number of nitrogens with zero attached hydrogens (tertiary/aromatic N) is 2. The molecule has 1 aromatic heterocycles. The average molecular weight is 485 g/mol. The number of aryl methyl sites for hydroxylation is 2. The van der Waals surface area contributed by atoms with Gasteiger partial charge in [-0.05, 0) is 44.9 Å². The van der Waals surface area contributed by atoms with Crippen molar-refractivity contribution in [3.8, 4) is 17.2 Å². The average Bonchev–Trinajstić information content (AvgIpc) is 3.06. The number of aromatic nitrogens is 2. The maximum absolute atomic E-state index is 12.8. The second kappa shape index (κ2) is 9.63. The van der Waals surface area contributed by atoms with Crippen molar-refractivity contribution < 1.29 is 24.5 Å². The summed E-state index contributed by atoms with van der Waals surface area (Å²) in [6.45, 7) is 4.70. The standard InChI is InChI=1S/C25H32N4O6/c1-25(2,8-5-9-29-19-7-6-16(34-4)12-20(19)28(3)24(29)33)26-13-21(31)17-10-15(30)11-18-23(17)35-14-22(32)27-18/h6-7,10-12,21,26,30-31H,5,8-9,13-14H2,1-4H3,(H,27,32)/t21-/m0/s1. The van der Waals surface area contributed by atoms with Crippen molar-refractivity contribution in [2.75, 3.05) is 25.6 Å². The number of carbonyl (C=O) groups excluding carboxylic acids is 1. The zero-order valence-electron chi connectivity index (χ0n) is 20.4. The molecule has 1 aliphatic rings. The van der Waals surface area contributed by atoms with E-state index in [4.69, 9.17) is 9.47 Å². The third kappa shape index (κ3) is 5.13. The van der Waals surface area contributed by atoms with Crippen LogP contribution < -0.4 is 25.8 Å². The minimum atomic E-state index is -0.958. The van der Waals surface area contributed by atoms with E-state index in [1.165, 1.54) is 12.1 Å². The molecular formula is C25H32N4O6. The van der Waals surface area contributed by atoms with Gasteiger partial charge in [-0.3, -0.25) is 13.9 Å². The first-order valence-electron chi connectivity index (χ1n) is 11.6. The molecule has 0 bridgehead atoms. The van der Waals surface area contributed by atoms with Crippen LogP contribution in [-0.2, 0) is 18.4 Å². The number of rotatable bonds is 9. The topological polar surface area (TPSA) is 127 Å². The van der Waals surface area contributed by atoms with Crippen LogP contribution in [0.4, 0.5) is 5.69 Å². The molecule has 188 valence electrons. The van der Waals surface area contributed by atoms with Crippen molar-refractivity contribution in [3.63, 3.8) is 0 Å². The first-order chi connectivity index (χ1) is 16.6. The second-order valence-corrected chi connectivity index (χ2v) is 9.48. The van der Waals surface area contributed by atoms with E-state index < -0.39 is 6.10 Å². The first kappa shape index (κ1) is 24.6. The monoisotopic (exact) mass is 484 g/mol. The number of methoxy groups -OCH3 is 1. The molecule has 0 spiro atoms. The Bertz CT molecular complexity index is 1310. The molecule has 0 saturated heterocycles. The lowest BCUT2D eigenvalue weighted by Crippen LogP contribution is -2.42. The van der Waals surface area contributed by atoms with Crippen molar-refractivity contribution in [2.45, 2.75) is 44.9 Å². The molecule has 0 fully saturated rings. The molecule has 2 aromatic carbocycles. The number of anilines is 1. The molecule has 4 N–H and O–H groups in total. The number of aliphatic hydroxyl groups is 1. The van der Waals surface area contributed by atoms with Crippen LogP contribution in [-0.4, -0.2) is 51.1 Å². The molecule has 10 nitrogen and oxygen atoms in total. The lowest BCUT2D eigenvalue weighted by Gasteiger charge is -2.29. The number of imidazole rings is 1. The van der Waals surface area contributed by atoms with Crippen LogP contribution in [0, 0.1) is 0 Å². The second-order valence-electron chi connectivity index (χ2n) is 9.48. The van der Waals surface area contributed by atoms with Gasteiger partial charge in [-0.25, -0.2) is 4.79 Å². The maximum Gasteiger partial charge on any atom is 0.328 e. The van der Waals surface area contributed by atoms with Gasteiger partial charge in [0, 0.05) is 43.4 Å². The summed E-state index contributed by atoms with van der Waals surface area (Å²) in [5.41, 5.74) is 2.02. The molecule has 0 aliphatic carbocycles. The van der Waals surface area contributed by atoms with Crippen molar-refractivity contribution in [1.82, 2.24) is 14.5 Å². The molecule has 4 rings (SSSR count). The Morgan fingerprint density at radius 2 is 2.00 bits per heavy atom. The first-order valence-corrected chi connectivity index (χ1v) is 11.6. The van der Waals surface area contributed by atoms with Gasteiger partial charge >= 0.3 is 5.69 Å². The number of phenols is 1. The van der Waals surface area contributed by atoms with Gasteiger partial charge in [0.2, 0.25) is 0 Å². The quantitative estimate of drug-likeness (QED) is 0.367. The predicted octanol–water partition coefficient (Wildman–Crippen LogP) is 2.27. The Morgan fingerprint density at radius 3 is 2.74 bits per heavy atom. The van der Waals surface area contributed by atoms with Gasteiger partial charge in [0.15, 0.2) is 6.61 Å². The van der Waals surface area contributed by atoms with Gasteiger partial charge in [-0.15, -0.1) is 0 Å². The highest BCUT2D eigenvalue weighted by Crippen LogP contribution is 2.38. The SMILES string of the molecule is COc1ccc2c(c1)n(C)c(=O)n2CCCC(C)(C)NC[C@H](O)c1cc(O)cc2c1OCC(=O)N2. The molecule has 0 saturated carbocycles. The highest BCUT2D eigenvalue weighted by Gasteiger charge is 2.26. The van der Waals surface area contributed by atoms with Crippen LogP contribution in [0.2, 0.25) is 0 Å². The van der Waals surface area contributed by atoms with Crippen molar-refractivity contribution in [1.29, 1.82) is 0 Å². The highest BCUT2D eigenvalue weighted by atomic mass is 16.5. The zero-order valence-corrected chi connectivity index (χ0v) is 20.4. The van der Waals surface area contributed by atoms with Crippen molar-refractivity contribution in [2.24, 2.45) is 7.05 Å². The van der Waals surface area contributed by atoms with Gasteiger partial charge < -0.3 is 30.3 Å². The van der Waals surface area contributed by atoms with E-state index >= 15 is 0 Å². The van der Waals surface area contributed by atoms with Gasteiger partial charge in [0.25, 0.3) is 5.91 Å². The minimum Gasteiger partial charge on any atom is -0.508 e. The number of nitrogens with one attached hydrogen (secondary N) is 2. The summed E-state index contributed by atoms with van der Waals surface area (Å²) in [5, 5.41) is 26.8. The van der Waals surface area contributed by atoms with Crippen LogP contribution in [0.1, 0.15) is 38.4 Å². The predicted molar refractivity (Wildman–Crippen MR) is 132 cm³/mol. The van der Waals surface area contributed by atoms with Crippen LogP contribution >= 0.6 is 0 Å². The van der Waals surface area contributed by atoms with E-state index in [9.17, 15) is 19.8 Å². The largest absolute Gasteiger partial charge is 0.508 e. The fourth-order valence-corrected chi connectivity index (χ4v) is 4.44. The van der Waals surface area contributed by atoms with E-state index in [-0.39, 0.29) is 36.0 Å². The number of amides is 1. The van der Waals surface area contributed by atoms with Gasteiger partial charge in [-0.2, -0.15) is 0 Å². The molecule has 2 heterocycles. The normalized spacial score (nSPS) is 14.4. The zero-order chi connectivity index (χ0) is 25.3. The lowest BCUT2D eigenvalue weighted by atomic mass is 9.97. The Morgan fingerprint density at radius 1 is 1.23 bits per heavy atom. The van der Waals surface area contributed by atoms with E-state index in [2.05, 4.69) is 10.6 Å². The number of hydrogen-bond acceptors (Lipinski definition) is 7. The smallest absolute Gasteiger partial charge is 0.328 e. The molecule has 10 heteroatoms. The number of fused-ring (bicyclic) bond motifs is 2. The summed E-state index contributed by atoms with van der Waals surface area (Å²) >= 11 is 0. The van der Waals surface area contributed by atoms with Gasteiger partial charge in [-0.1, -0.05) is 0 Å². The fraction of sp³-hybridized carbons (Fsp3) is 0.440. The Labute approximate surface area is 203 Å². The molecule has 1 aliphatic heterocycles. The van der Waals surface area contributed by atoms with Gasteiger partial charge in [0.1, 0.15) is 17.2 Å². The third-order valence-corrected chi connectivity index (χ3v) is 6.39. The summed E-state index contributed by atoms with van der Waals surface area (Å²) in [5.74, 6) is 0.685.